The van der Waals surface area contributed by atoms with Gasteiger partial charge in [0, 0.05) is 24.4 Å². The fourth-order valence-electron chi connectivity index (χ4n) is 3.52. The molecule has 0 aliphatic carbocycles. The van der Waals surface area contributed by atoms with Gasteiger partial charge in [0.05, 0.1) is 24.8 Å². The van der Waals surface area contributed by atoms with E-state index in [4.69, 9.17) is 9.47 Å². The van der Waals surface area contributed by atoms with Crippen LogP contribution < -0.4 is 0 Å². The van der Waals surface area contributed by atoms with Crippen molar-refractivity contribution < 1.29 is 14.3 Å². The van der Waals surface area contributed by atoms with Crippen molar-refractivity contribution in [3.8, 4) is 0 Å². The number of hydrogen-bond acceptors (Lipinski definition) is 5. The molecule has 2 aliphatic heterocycles. The second kappa shape index (κ2) is 7.01. The molecule has 0 unspecified atom stereocenters. The van der Waals surface area contributed by atoms with E-state index in [1.54, 1.807) is 23.7 Å². The molecule has 2 aromatic heterocycles. The minimum absolute atomic E-state index is 0.0248. The second-order valence-corrected chi connectivity index (χ2v) is 7.00. The quantitative estimate of drug-likeness (QED) is 0.856. The third kappa shape index (κ3) is 3.09. The number of carbonyl (C=O) groups is 1. The average Bonchev–Trinajstić information content (AvgIpc) is 3.29. The molecule has 4 heterocycles. The smallest absolute Gasteiger partial charge is 0.255 e. The normalized spacial score (nSPS) is 26.3. The number of fused-ring (bicyclic) bond motifs is 1. The summed E-state index contributed by atoms with van der Waals surface area (Å²) in [5, 5.41) is 3.85. The molecular weight excluding hydrogens is 324 g/mol. The topological polar surface area (TPSA) is 51.7 Å². The summed E-state index contributed by atoms with van der Waals surface area (Å²) in [7, 11) is 0. The highest BCUT2D eigenvalue weighted by molar-refractivity contribution is 7.08. The molecule has 3 atom stereocenters. The molecule has 0 radical (unpaired) electrons. The highest BCUT2D eigenvalue weighted by atomic mass is 32.1. The molecule has 2 aliphatic rings. The van der Waals surface area contributed by atoms with E-state index < -0.39 is 0 Å². The van der Waals surface area contributed by atoms with Crippen molar-refractivity contribution in [2.24, 2.45) is 0 Å². The van der Waals surface area contributed by atoms with Crippen molar-refractivity contribution >= 4 is 17.2 Å². The highest BCUT2D eigenvalue weighted by Crippen LogP contribution is 2.32. The molecule has 0 saturated carbocycles. The van der Waals surface area contributed by atoms with Gasteiger partial charge in [-0.2, -0.15) is 11.3 Å². The summed E-state index contributed by atoms with van der Waals surface area (Å²) < 4.78 is 12.1. The summed E-state index contributed by atoms with van der Waals surface area (Å²) >= 11 is 1.55. The van der Waals surface area contributed by atoms with Crippen molar-refractivity contribution in [2.75, 3.05) is 13.2 Å². The first kappa shape index (κ1) is 15.7. The van der Waals surface area contributed by atoms with Gasteiger partial charge in [-0.05, 0) is 42.0 Å². The summed E-state index contributed by atoms with van der Waals surface area (Å²) in [4.78, 5) is 18.8. The van der Waals surface area contributed by atoms with Crippen LogP contribution in [0.25, 0.3) is 0 Å². The maximum absolute atomic E-state index is 12.8. The third-order valence-corrected chi connectivity index (χ3v) is 5.40. The lowest BCUT2D eigenvalue weighted by Crippen LogP contribution is -2.43. The lowest BCUT2D eigenvalue weighted by molar-refractivity contribution is -0.0809. The van der Waals surface area contributed by atoms with E-state index in [2.05, 4.69) is 4.98 Å². The number of likely N-dealkylation sites (tertiary alicyclic amines) is 1. The van der Waals surface area contributed by atoms with Crippen molar-refractivity contribution in [3.05, 3.63) is 52.5 Å². The minimum Gasteiger partial charge on any atom is -0.373 e. The lowest BCUT2D eigenvalue weighted by atomic mass is 10.0. The maximum Gasteiger partial charge on any atom is 0.255 e. The van der Waals surface area contributed by atoms with Crippen LogP contribution in [0.5, 0.6) is 0 Å². The Morgan fingerprint density at radius 1 is 1.38 bits per heavy atom. The average molecular weight is 344 g/mol. The maximum atomic E-state index is 12.8. The number of aromatic nitrogens is 1. The predicted octanol–water partition coefficient (Wildman–Crippen LogP) is 2.73. The Morgan fingerprint density at radius 3 is 3.04 bits per heavy atom. The van der Waals surface area contributed by atoms with E-state index in [1.807, 2.05) is 33.9 Å². The zero-order valence-corrected chi connectivity index (χ0v) is 14.2. The Bertz CT molecular complexity index is 677. The van der Waals surface area contributed by atoms with Crippen LogP contribution in [0.3, 0.4) is 0 Å². The summed E-state index contributed by atoms with van der Waals surface area (Å²) in [6, 6.07) is 5.90. The van der Waals surface area contributed by atoms with Gasteiger partial charge in [0.2, 0.25) is 0 Å². The molecule has 4 rings (SSSR count). The molecule has 0 N–H and O–H groups in total. The summed E-state index contributed by atoms with van der Waals surface area (Å²) in [6.07, 6.45) is 5.40. The summed E-state index contributed by atoms with van der Waals surface area (Å²) in [5.74, 6) is 0.0896. The van der Waals surface area contributed by atoms with Gasteiger partial charge in [-0.25, -0.2) is 0 Å². The van der Waals surface area contributed by atoms with E-state index >= 15 is 0 Å². The molecule has 24 heavy (non-hydrogen) atoms. The molecule has 2 saturated heterocycles. The van der Waals surface area contributed by atoms with Crippen LogP contribution in [-0.2, 0) is 16.1 Å². The number of amides is 1. The Hall–Kier alpha value is -1.76. The van der Waals surface area contributed by atoms with E-state index in [1.165, 1.54) is 0 Å². The van der Waals surface area contributed by atoms with Crippen LogP contribution in [-0.4, -0.2) is 47.2 Å². The number of rotatable bonds is 4. The molecular formula is C18H20N2O3S. The van der Waals surface area contributed by atoms with E-state index in [-0.39, 0.29) is 24.2 Å². The summed E-state index contributed by atoms with van der Waals surface area (Å²) in [5.41, 5.74) is 1.85. The SMILES string of the molecule is O=C(c1ccsc1)N1C[C@@H](OCc2ccncc2)[C@H]2OCCC[C@H]21. The standard InChI is InChI=1S/C18H20N2O3S/c21-18(14-5-9-24-12-14)20-10-16(17-15(20)2-1-8-22-17)23-11-13-3-6-19-7-4-13/h3-7,9,12,15-17H,1-2,8,10-11H2/t15-,16-,17+/m1/s1. The number of ether oxygens (including phenoxy) is 2. The van der Waals surface area contributed by atoms with Crippen molar-refractivity contribution in [3.63, 3.8) is 0 Å². The van der Waals surface area contributed by atoms with Crippen LogP contribution in [0, 0.1) is 0 Å². The third-order valence-electron chi connectivity index (χ3n) is 4.72. The van der Waals surface area contributed by atoms with Gasteiger partial charge < -0.3 is 14.4 Å². The first-order valence-corrected chi connectivity index (χ1v) is 9.22. The zero-order chi connectivity index (χ0) is 16.4. The number of hydrogen-bond donors (Lipinski definition) is 0. The van der Waals surface area contributed by atoms with Gasteiger partial charge in [-0.1, -0.05) is 0 Å². The van der Waals surface area contributed by atoms with Crippen molar-refractivity contribution in [2.45, 2.75) is 37.7 Å². The molecule has 2 fully saturated rings. The predicted molar refractivity (Wildman–Crippen MR) is 90.9 cm³/mol. The van der Waals surface area contributed by atoms with Crippen LogP contribution in [0.15, 0.2) is 41.4 Å². The van der Waals surface area contributed by atoms with Gasteiger partial charge in [0.25, 0.3) is 5.91 Å². The molecule has 5 nitrogen and oxygen atoms in total. The Kier molecular flexibility index (Phi) is 4.60. The molecule has 1 amide bonds. The number of carbonyl (C=O) groups excluding carboxylic acids is 1. The monoisotopic (exact) mass is 344 g/mol. The minimum atomic E-state index is -0.0777. The number of thiophene rings is 1. The van der Waals surface area contributed by atoms with Crippen molar-refractivity contribution in [1.29, 1.82) is 0 Å². The Morgan fingerprint density at radius 2 is 2.25 bits per heavy atom. The zero-order valence-electron chi connectivity index (χ0n) is 13.3. The molecule has 126 valence electrons. The van der Waals surface area contributed by atoms with Gasteiger partial charge >= 0.3 is 0 Å². The van der Waals surface area contributed by atoms with Crippen molar-refractivity contribution in [1.82, 2.24) is 9.88 Å². The van der Waals surface area contributed by atoms with Crippen LogP contribution in [0.1, 0.15) is 28.8 Å². The Labute approximate surface area is 145 Å². The molecule has 0 spiro atoms. The van der Waals surface area contributed by atoms with Crippen LogP contribution in [0.2, 0.25) is 0 Å². The fraction of sp³-hybridized carbons (Fsp3) is 0.444. The molecule has 0 bridgehead atoms. The van der Waals surface area contributed by atoms with Gasteiger partial charge in [0.15, 0.2) is 0 Å². The van der Waals surface area contributed by atoms with Crippen LogP contribution >= 0.6 is 11.3 Å². The summed E-state index contributed by atoms with van der Waals surface area (Å²) in [6.45, 7) is 1.85. The van der Waals surface area contributed by atoms with Crippen LogP contribution in [0.4, 0.5) is 0 Å². The van der Waals surface area contributed by atoms with Gasteiger partial charge in [-0.3, -0.25) is 9.78 Å². The largest absolute Gasteiger partial charge is 0.373 e. The lowest BCUT2D eigenvalue weighted by Gasteiger charge is -2.32. The second-order valence-electron chi connectivity index (χ2n) is 6.22. The first-order chi connectivity index (χ1) is 11.8. The Balaban J connectivity index is 1.48. The molecule has 6 heteroatoms. The van der Waals surface area contributed by atoms with E-state index in [0.717, 1.165) is 30.6 Å². The number of pyridine rings is 1. The first-order valence-electron chi connectivity index (χ1n) is 8.28. The number of nitrogens with zero attached hydrogens (tertiary/aromatic N) is 2. The fourth-order valence-corrected chi connectivity index (χ4v) is 4.15. The molecule has 2 aromatic rings. The highest BCUT2D eigenvalue weighted by Gasteiger charge is 2.46. The van der Waals surface area contributed by atoms with E-state index in [0.29, 0.717) is 13.2 Å². The van der Waals surface area contributed by atoms with E-state index in [9.17, 15) is 4.79 Å². The van der Waals surface area contributed by atoms with Gasteiger partial charge in [-0.15, -0.1) is 0 Å². The van der Waals surface area contributed by atoms with Gasteiger partial charge in [0.1, 0.15) is 12.2 Å². The molecule has 0 aromatic carbocycles.